The predicted octanol–water partition coefficient (Wildman–Crippen LogP) is 3.49. The van der Waals surface area contributed by atoms with E-state index in [0.717, 1.165) is 0 Å². The van der Waals surface area contributed by atoms with Crippen molar-refractivity contribution in [2.75, 3.05) is 0 Å². The second kappa shape index (κ2) is 5.83. The molecule has 0 saturated heterocycles. The van der Waals surface area contributed by atoms with Gasteiger partial charge in [0.05, 0.1) is 29.0 Å². The molecule has 0 amide bonds. The standard InChI is InChI=1S/C13H12ClN3O3/c1-8(2)20-11-3-9(6-15-7-11)12-4-10(17(18)19)5-13(14)16-12/h3-8H,1-2H3. The van der Waals surface area contributed by atoms with Crippen LogP contribution in [0.1, 0.15) is 13.8 Å². The normalized spacial score (nSPS) is 10.6. The smallest absolute Gasteiger partial charge is 0.274 e. The van der Waals surface area contributed by atoms with E-state index in [0.29, 0.717) is 17.0 Å². The second-order valence-electron chi connectivity index (χ2n) is 4.37. The Hall–Kier alpha value is -2.21. The van der Waals surface area contributed by atoms with Gasteiger partial charge in [0.15, 0.2) is 0 Å². The van der Waals surface area contributed by atoms with Crippen LogP contribution in [0.2, 0.25) is 5.15 Å². The van der Waals surface area contributed by atoms with Crippen molar-refractivity contribution in [1.29, 1.82) is 0 Å². The Kier molecular flexibility index (Phi) is 4.14. The zero-order valence-corrected chi connectivity index (χ0v) is 11.7. The third kappa shape index (κ3) is 3.42. The number of halogens is 1. The number of hydrogen-bond donors (Lipinski definition) is 0. The molecule has 0 atom stereocenters. The number of pyridine rings is 2. The first-order valence-corrected chi connectivity index (χ1v) is 6.27. The molecule has 2 heterocycles. The van der Waals surface area contributed by atoms with Crippen molar-refractivity contribution in [3.8, 4) is 17.0 Å². The van der Waals surface area contributed by atoms with Crippen LogP contribution in [-0.4, -0.2) is 21.0 Å². The van der Waals surface area contributed by atoms with Crippen LogP contribution in [0.5, 0.6) is 5.75 Å². The lowest BCUT2D eigenvalue weighted by Crippen LogP contribution is -2.05. The third-order valence-electron chi connectivity index (χ3n) is 2.37. The van der Waals surface area contributed by atoms with Gasteiger partial charge < -0.3 is 4.74 Å². The molecule has 0 aromatic carbocycles. The molecule has 0 unspecified atom stereocenters. The van der Waals surface area contributed by atoms with Gasteiger partial charge in [0.1, 0.15) is 10.9 Å². The molecule has 104 valence electrons. The average Bonchev–Trinajstić information content (AvgIpc) is 2.37. The van der Waals surface area contributed by atoms with Gasteiger partial charge in [-0.25, -0.2) is 4.98 Å². The van der Waals surface area contributed by atoms with E-state index in [1.165, 1.54) is 12.1 Å². The van der Waals surface area contributed by atoms with Crippen molar-refractivity contribution in [2.45, 2.75) is 20.0 Å². The number of ether oxygens (including phenoxy) is 1. The lowest BCUT2D eigenvalue weighted by molar-refractivity contribution is -0.384. The molecule has 0 aliphatic heterocycles. The lowest BCUT2D eigenvalue weighted by atomic mass is 10.2. The van der Waals surface area contributed by atoms with Crippen molar-refractivity contribution in [1.82, 2.24) is 9.97 Å². The molecule has 0 aliphatic rings. The predicted molar refractivity (Wildman–Crippen MR) is 74.9 cm³/mol. The molecule has 0 N–H and O–H groups in total. The maximum Gasteiger partial charge on any atom is 0.274 e. The largest absolute Gasteiger partial charge is 0.489 e. The summed E-state index contributed by atoms with van der Waals surface area (Å²) in [7, 11) is 0. The van der Waals surface area contributed by atoms with Gasteiger partial charge in [-0.05, 0) is 19.9 Å². The Balaban J connectivity index is 2.43. The summed E-state index contributed by atoms with van der Waals surface area (Å²) in [5.41, 5.74) is 0.870. The highest BCUT2D eigenvalue weighted by atomic mass is 35.5. The Bertz CT molecular complexity index is 647. The molecule has 0 aliphatic carbocycles. The van der Waals surface area contributed by atoms with E-state index in [9.17, 15) is 10.1 Å². The Labute approximate surface area is 120 Å². The molecule has 20 heavy (non-hydrogen) atoms. The van der Waals surface area contributed by atoms with Crippen LogP contribution in [0.3, 0.4) is 0 Å². The quantitative estimate of drug-likeness (QED) is 0.490. The summed E-state index contributed by atoms with van der Waals surface area (Å²) in [6.07, 6.45) is 3.13. The molecule has 0 fully saturated rings. The van der Waals surface area contributed by atoms with Gasteiger partial charge in [0.25, 0.3) is 5.69 Å². The van der Waals surface area contributed by atoms with E-state index in [2.05, 4.69) is 9.97 Å². The van der Waals surface area contributed by atoms with E-state index in [-0.39, 0.29) is 16.9 Å². The summed E-state index contributed by atoms with van der Waals surface area (Å²) in [6, 6.07) is 4.27. The van der Waals surface area contributed by atoms with Crippen LogP contribution >= 0.6 is 11.6 Å². The molecule has 0 radical (unpaired) electrons. The fourth-order valence-electron chi connectivity index (χ4n) is 1.63. The zero-order chi connectivity index (χ0) is 14.7. The maximum atomic E-state index is 10.8. The second-order valence-corrected chi connectivity index (χ2v) is 4.75. The van der Waals surface area contributed by atoms with Gasteiger partial charge in [0.2, 0.25) is 0 Å². The summed E-state index contributed by atoms with van der Waals surface area (Å²) in [4.78, 5) is 18.4. The number of rotatable bonds is 4. The Morgan fingerprint density at radius 2 is 2.05 bits per heavy atom. The number of nitro groups is 1. The van der Waals surface area contributed by atoms with Crippen LogP contribution in [-0.2, 0) is 0 Å². The minimum atomic E-state index is -0.515. The number of nitrogens with zero attached hydrogens (tertiary/aromatic N) is 3. The minimum absolute atomic E-state index is 0.00806. The van der Waals surface area contributed by atoms with Crippen molar-refractivity contribution in [2.24, 2.45) is 0 Å². The van der Waals surface area contributed by atoms with Gasteiger partial charge in [-0.15, -0.1) is 0 Å². The number of hydrogen-bond acceptors (Lipinski definition) is 5. The van der Waals surface area contributed by atoms with Crippen LogP contribution in [0.15, 0.2) is 30.6 Å². The highest BCUT2D eigenvalue weighted by Gasteiger charge is 2.12. The molecule has 7 heteroatoms. The Morgan fingerprint density at radius 3 is 2.70 bits per heavy atom. The molecule has 0 spiro atoms. The number of aromatic nitrogens is 2. The van der Waals surface area contributed by atoms with Crippen LogP contribution in [0.25, 0.3) is 11.3 Å². The molecule has 2 rings (SSSR count). The van der Waals surface area contributed by atoms with Gasteiger partial charge >= 0.3 is 0 Å². The molecule has 6 nitrogen and oxygen atoms in total. The van der Waals surface area contributed by atoms with E-state index in [1.807, 2.05) is 13.8 Å². The fraction of sp³-hybridized carbons (Fsp3) is 0.231. The summed E-state index contributed by atoms with van der Waals surface area (Å²) >= 11 is 5.80. The van der Waals surface area contributed by atoms with Crippen molar-refractivity contribution >= 4 is 17.3 Å². The molecule has 2 aromatic heterocycles. The molecular formula is C13H12ClN3O3. The summed E-state index contributed by atoms with van der Waals surface area (Å²) in [6.45, 7) is 3.80. The minimum Gasteiger partial charge on any atom is -0.489 e. The zero-order valence-electron chi connectivity index (χ0n) is 10.9. The Morgan fingerprint density at radius 1 is 1.30 bits per heavy atom. The monoisotopic (exact) mass is 293 g/mol. The van der Waals surface area contributed by atoms with Crippen molar-refractivity contribution in [3.63, 3.8) is 0 Å². The third-order valence-corrected chi connectivity index (χ3v) is 2.56. The topological polar surface area (TPSA) is 78.2 Å². The molecule has 0 bridgehead atoms. The van der Waals surface area contributed by atoms with Crippen LogP contribution in [0, 0.1) is 10.1 Å². The summed E-state index contributed by atoms with van der Waals surface area (Å²) in [5, 5.41) is 10.9. The molecule has 0 saturated carbocycles. The van der Waals surface area contributed by atoms with Crippen LogP contribution in [0.4, 0.5) is 5.69 Å². The summed E-state index contributed by atoms with van der Waals surface area (Å²) < 4.78 is 5.53. The first-order valence-electron chi connectivity index (χ1n) is 5.90. The van der Waals surface area contributed by atoms with E-state index in [1.54, 1.807) is 18.5 Å². The SMILES string of the molecule is CC(C)Oc1cncc(-c2cc([N+](=O)[O-])cc(Cl)n2)c1. The van der Waals surface area contributed by atoms with E-state index >= 15 is 0 Å². The van der Waals surface area contributed by atoms with Crippen molar-refractivity contribution in [3.05, 3.63) is 45.9 Å². The lowest BCUT2D eigenvalue weighted by Gasteiger charge is -2.10. The van der Waals surface area contributed by atoms with Gasteiger partial charge in [-0.1, -0.05) is 11.6 Å². The average molecular weight is 294 g/mol. The van der Waals surface area contributed by atoms with Crippen LogP contribution < -0.4 is 4.74 Å². The van der Waals surface area contributed by atoms with Crippen molar-refractivity contribution < 1.29 is 9.66 Å². The first-order chi connectivity index (χ1) is 9.45. The van der Waals surface area contributed by atoms with E-state index in [4.69, 9.17) is 16.3 Å². The van der Waals surface area contributed by atoms with Gasteiger partial charge in [-0.2, -0.15) is 0 Å². The van der Waals surface area contributed by atoms with E-state index < -0.39 is 4.92 Å². The molecular weight excluding hydrogens is 282 g/mol. The molecule has 2 aromatic rings. The highest BCUT2D eigenvalue weighted by Crippen LogP contribution is 2.27. The maximum absolute atomic E-state index is 10.8. The highest BCUT2D eigenvalue weighted by molar-refractivity contribution is 6.29. The van der Waals surface area contributed by atoms with Gasteiger partial charge in [0, 0.05) is 17.8 Å². The first kappa shape index (κ1) is 14.2. The fourth-order valence-corrected chi connectivity index (χ4v) is 1.84. The van der Waals surface area contributed by atoms with Gasteiger partial charge in [-0.3, -0.25) is 15.1 Å². The summed E-state index contributed by atoms with van der Waals surface area (Å²) in [5.74, 6) is 0.571.